The first-order valence-corrected chi connectivity index (χ1v) is 10.2. The molecule has 0 aliphatic rings. The van der Waals surface area contributed by atoms with Crippen molar-refractivity contribution >= 4 is 28.2 Å². The summed E-state index contributed by atoms with van der Waals surface area (Å²) in [6, 6.07) is 15.3. The molecular weight excluding hydrogens is 386 g/mol. The van der Waals surface area contributed by atoms with Crippen LogP contribution in [-0.2, 0) is 9.53 Å². The molecule has 1 amide bonds. The molecule has 0 bridgehead atoms. The van der Waals surface area contributed by atoms with Crippen molar-refractivity contribution in [3.05, 3.63) is 70.6 Å². The molecule has 2 aromatic carbocycles. The highest BCUT2D eigenvalue weighted by molar-refractivity contribution is 7.15. The second-order valence-electron chi connectivity index (χ2n) is 6.47. The van der Waals surface area contributed by atoms with Gasteiger partial charge in [-0.3, -0.25) is 4.79 Å². The predicted octanol–water partition coefficient (Wildman–Crippen LogP) is 5.23. The first-order chi connectivity index (χ1) is 14.0. The van der Waals surface area contributed by atoms with Crippen molar-refractivity contribution in [2.75, 3.05) is 18.5 Å². The summed E-state index contributed by atoms with van der Waals surface area (Å²) in [5.41, 5.74) is 4.08. The van der Waals surface area contributed by atoms with Crippen LogP contribution >= 0.6 is 11.3 Å². The Balaban J connectivity index is 1.79. The van der Waals surface area contributed by atoms with Crippen LogP contribution in [0.15, 0.2) is 53.9 Å². The molecule has 6 heteroatoms. The molecule has 1 N–H and O–H groups in total. The smallest absolute Gasteiger partial charge is 0.341 e. The summed E-state index contributed by atoms with van der Waals surface area (Å²) >= 11 is 1.29. The molecule has 29 heavy (non-hydrogen) atoms. The van der Waals surface area contributed by atoms with Gasteiger partial charge in [-0.05, 0) is 43.5 Å². The number of hydrogen-bond donors (Lipinski definition) is 1. The maximum absolute atomic E-state index is 12.6. The van der Waals surface area contributed by atoms with Crippen LogP contribution in [0.3, 0.4) is 0 Å². The van der Waals surface area contributed by atoms with Crippen LogP contribution in [0.25, 0.3) is 11.1 Å². The zero-order valence-electron chi connectivity index (χ0n) is 16.7. The third-order valence-corrected chi connectivity index (χ3v) is 5.42. The minimum atomic E-state index is -0.460. The number of nitrogens with one attached hydrogen (secondary N) is 1. The number of amides is 1. The predicted molar refractivity (Wildman–Crippen MR) is 116 cm³/mol. The Bertz CT molecular complexity index is 1010. The molecule has 1 aromatic heterocycles. The fourth-order valence-corrected chi connectivity index (χ4v) is 3.85. The molecule has 0 atom stereocenters. The number of aryl methyl sites for hydroxylation is 1. The summed E-state index contributed by atoms with van der Waals surface area (Å²) in [4.78, 5) is 25.0. The van der Waals surface area contributed by atoms with Crippen molar-refractivity contribution in [1.82, 2.24) is 0 Å². The van der Waals surface area contributed by atoms with Gasteiger partial charge in [0.25, 0.3) is 5.91 Å². The summed E-state index contributed by atoms with van der Waals surface area (Å²) in [5, 5.41) is 5.10. The topological polar surface area (TPSA) is 64.6 Å². The Morgan fingerprint density at radius 3 is 2.52 bits per heavy atom. The Hall–Kier alpha value is -3.12. The quantitative estimate of drug-likeness (QED) is 0.543. The lowest BCUT2D eigenvalue weighted by molar-refractivity contribution is -0.118. The molecule has 3 aromatic rings. The average molecular weight is 410 g/mol. The van der Waals surface area contributed by atoms with Gasteiger partial charge in [-0.15, -0.1) is 11.3 Å². The number of ether oxygens (including phenoxy) is 2. The van der Waals surface area contributed by atoms with Crippen LogP contribution in [0.5, 0.6) is 5.75 Å². The Kier molecular flexibility index (Phi) is 6.67. The standard InChI is InChI=1S/C23H23NO4S/c1-4-27-23(26)21-18(17-10-6-5-7-11-17)14-29-22(21)24-20(25)13-28-19-12-8-9-15(2)16(19)3/h5-12,14H,4,13H2,1-3H3,(H,24,25). The molecule has 0 spiro atoms. The highest BCUT2D eigenvalue weighted by Crippen LogP contribution is 2.36. The van der Waals surface area contributed by atoms with E-state index in [1.165, 1.54) is 11.3 Å². The number of hydrogen-bond acceptors (Lipinski definition) is 5. The summed E-state index contributed by atoms with van der Waals surface area (Å²) in [7, 11) is 0. The highest BCUT2D eigenvalue weighted by Gasteiger charge is 2.22. The van der Waals surface area contributed by atoms with E-state index in [0.717, 1.165) is 22.3 Å². The number of anilines is 1. The van der Waals surface area contributed by atoms with Crippen molar-refractivity contribution in [3.8, 4) is 16.9 Å². The van der Waals surface area contributed by atoms with Crippen molar-refractivity contribution in [1.29, 1.82) is 0 Å². The first kappa shape index (κ1) is 20.6. The fourth-order valence-electron chi connectivity index (χ4n) is 2.87. The van der Waals surface area contributed by atoms with Gasteiger partial charge >= 0.3 is 5.97 Å². The molecule has 0 saturated heterocycles. The summed E-state index contributed by atoms with van der Waals surface area (Å²) in [5.74, 6) is -0.127. The van der Waals surface area contributed by atoms with Gasteiger partial charge < -0.3 is 14.8 Å². The molecule has 0 fully saturated rings. The lowest BCUT2D eigenvalue weighted by atomic mass is 10.0. The van der Waals surface area contributed by atoms with E-state index in [1.54, 1.807) is 6.92 Å². The Morgan fingerprint density at radius 2 is 1.79 bits per heavy atom. The maximum atomic E-state index is 12.6. The Morgan fingerprint density at radius 1 is 1.03 bits per heavy atom. The zero-order valence-corrected chi connectivity index (χ0v) is 17.5. The van der Waals surface area contributed by atoms with E-state index in [2.05, 4.69) is 5.32 Å². The van der Waals surface area contributed by atoms with E-state index in [9.17, 15) is 9.59 Å². The van der Waals surface area contributed by atoms with Gasteiger partial charge in [0.15, 0.2) is 6.61 Å². The number of rotatable bonds is 7. The van der Waals surface area contributed by atoms with Crippen LogP contribution in [0.2, 0.25) is 0 Å². The van der Waals surface area contributed by atoms with E-state index in [0.29, 0.717) is 16.3 Å². The molecule has 0 saturated carbocycles. The third kappa shape index (κ3) is 4.84. The van der Waals surface area contributed by atoms with E-state index in [-0.39, 0.29) is 19.1 Å². The summed E-state index contributed by atoms with van der Waals surface area (Å²) in [6.45, 7) is 5.80. The molecule has 1 heterocycles. The molecule has 5 nitrogen and oxygen atoms in total. The van der Waals surface area contributed by atoms with Gasteiger partial charge in [0.2, 0.25) is 0 Å². The van der Waals surface area contributed by atoms with Crippen LogP contribution < -0.4 is 10.1 Å². The van der Waals surface area contributed by atoms with Gasteiger partial charge in [-0.25, -0.2) is 4.79 Å². The number of carbonyl (C=O) groups excluding carboxylic acids is 2. The second-order valence-corrected chi connectivity index (χ2v) is 7.35. The first-order valence-electron chi connectivity index (χ1n) is 9.34. The maximum Gasteiger partial charge on any atom is 0.341 e. The van der Waals surface area contributed by atoms with Crippen molar-refractivity contribution in [2.45, 2.75) is 20.8 Å². The monoisotopic (exact) mass is 409 g/mol. The lowest BCUT2D eigenvalue weighted by Crippen LogP contribution is -2.21. The van der Waals surface area contributed by atoms with E-state index in [4.69, 9.17) is 9.47 Å². The molecule has 0 aliphatic carbocycles. The van der Waals surface area contributed by atoms with Gasteiger partial charge in [-0.1, -0.05) is 42.5 Å². The van der Waals surface area contributed by atoms with Crippen molar-refractivity contribution in [2.24, 2.45) is 0 Å². The third-order valence-electron chi connectivity index (χ3n) is 4.52. The van der Waals surface area contributed by atoms with Gasteiger partial charge in [0, 0.05) is 10.9 Å². The molecule has 3 rings (SSSR count). The van der Waals surface area contributed by atoms with Gasteiger partial charge in [0.1, 0.15) is 16.3 Å². The van der Waals surface area contributed by atoms with Crippen LogP contribution in [0, 0.1) is 13.8 Å². The largest absolute Gasteiger partial charge is 0.483 e. The van der Waals surface area contributed by atoms with Crippen LogP contribution in [0.1, 0.15) is 28.4 Å². The van der Waals surface area contributed by atoms with E-state index in [1.807, 2.05) is 67.8 Å². The lowest BCUT2D eigenvalue weighted by Gasteiger charge is -2.11. The SMILES string of the molecule is CCOC(=O)c1c(-c2ccccc2)csc1NC(=O)COc1cccc(C)c1C. The average Bonchev–Trinajstić information content (AvgIpc) is 3.13. The molecule has 0 aliphatic heterocycles. The minimum absolute atomic E-state index is 0.148. The normalized spacial score (nSPS) is 10.4. The van der Waals surface area contributed by atoms with E-state index < -0.39 is 5.97 Å². The second kappa shape index (κ2) is 9.39. The van der Waals surface area contributed by atoms with Crippen LogP contribution in [0.4, 0.5) is 5.00 Å². The molecule has 150 valence electrons. The number of thiophene rings is 1. The van der Waals surface area contributed by atoms with Gasteiger partial charge in [0.05, 0.1) is 6.61 Å². The fraction of sp³-hybridized carbons (Fsp3) is 0.217. The Labute approximate surface area is 174 Å². The summed E-state index contributed by atoms with van der Waals surface area (Å²) < 4.78 is 10.9. The number of esters is 1. The van der Waals surface area contributed by atoms with Gasteiger partial charge in [-0.2, -0.15) is 0 Å². The van der Waals surface area contributed by atoms with E-state index >= 15 is 0 Å². The molecule has 0 unspecified atom stereocenters. The van der Waals surface area contributed by atoms with Crippen molar-refractivity contribution in [3.63, 3.8) is 0 Å². The van der Waals surface area contributed by atoms with Crippen molar-refractivity contribution < 1.29 is 19.1 Å². The zero-order chi connectivity index (χ0) is 20.8. The molecule has 0 radical (unpaired) electrons. The highest BCUT2D eigenvalue weighted by atomic mass is 32.1. The van der Waals surface area contributed by atoms with Crippen LogP contribution in [-0.4, -0.2) is 25.1 Å². The summed E-state index contributed by atoms with van der Waals surface area (Å²) in [6.07, 6.45) is 0. The number of carbonyl (C=O) groups is 2. The minimum Gasteiger partial charge on any atom is -0.483 e. The number of benzene rings is 2. The molecular formula is C23H23NO4S.